The van der Waals surface area contributed by atoms with Crippen LogP contribution in [0, 0.1) is 0 Å². The van der Waals surface area contributed by atoms with Gasteiger partial charge in [-0.05, 0) is 0 Å². The fourth-order valence-corrected chi connectivity index (χ4v) is 2.53. The number of pyridine rings is 1. The molecule has 0 aliphatic carbocycles. The summed E-state index contributed by atoms with van der Waals surface area (Å²) in [7, 11) is 4.69. The third kappa shape index (κ3) is 6.04. The molecule has 0 spiro atoms. The molecule has 0 fully saturated rings. The number of hydrogen-bond acceptors (Lipinski definition) is 10. The molecule has 0 aromatic carbocycles. The number of esters is 1. The van der Waals surface area contributed by atoms with Gasteiger partial charge in [0.1, 0.15) is 6.61 Å². The van der Waals surface area contributed by atoms with Crippen LogP contribution < -0.4 is 4.74 Å². The summed E-state index contributed by atoms with van der Waals surface area (Å²) in [6.07, 6.45) is 1.51. The zero-order valence-corrected chi connectivity index (χ0v) is 16.4. The molecule has 0 radical (unpaired) electrons. The summed E-state index contributed by atoms with van der Waals surface area (Å²) in [5.74, 6) is 0.101. The van der Waals surface area contributed by atoms with Crippen molar-refractivity contribution in [3.8, 4) is 11.5 Å². The summed E-state index contributed by atoms with van der Waals surface area (Å²) in [6, 6.07) is 0.912. The van der Waals surface area contributed by atoms with Gasteiger partial charge in [0.05, 0.1) is 46.7 Å². The predicted molar refractivity (Wildman–Crippen MR) is 99.9 cm³/mol. The predicted octanol–water partition coefficient (Wildman–Crippen LogP) is 0.0792. The minimum Gasteiger partial charge on any atom is -0.503 e. The monoisotopic (exact) mass is 397 g/mol. The van der Waals surface area contributed by atoms with Gasteiger partial charge in [0.15, 0.2) is 29.1 Å². The van der Waals surface area contributed by atoms with E-state index in [0.717, 1.165) is 0 Å². The van der Waals surface area contributed by atoms with Gasteiger partial charge in [-0.3, -0.25) is 0 Å². The molecule has 1 aliphatic heterocycles. The Morgan fingerprint density at radius 2 is 1.86 bits per heavy atom. The quantitative estimate of drug-likeness (QED) is 0.387. The highest BCUT2D eigenvalue weighted by Gasteiger charge is 2.31. The van der Waals surface area contributed by atoms with Crippen LogP contribution in [0.25, 0.3) is 0 Å². The molecule has 0 amide bonds. The molecule has 10 nitrogen and oxygen atoms in total. The zero-order chi connectivity index (χ0) is 20.4. The van der Waals surface area contributed by atoms with Crippen LogP contribution in [0.5, 0.6) is 11.5 Å². The Bertz CT molecular complexity index is 669. The molecule has 0 unspecified atom stereocenters. The lowest BCUT2D eigenvalue weighted by Gasteiger charge is -2.16. The van der Waals surface area contributed by atoms with Crippen molar-refractivity contribution < 1.29 is 33.6 Å². The Morgan fingerprint density at radius 1 is 1.18 bits per heavy atom. The fourth-order valence-electron chi connectivity index (χ4n) is 2.53. The van der Waals surface area contributed by atoms with E-state index in [2.05, 4.69) is 9.98 Å². The third-order valence-electron chi connectivity index (χ3n) is 3.95. The summed E-state index contributed by atoms with van der Waals surface area (Å²) in [5, 5.41) is 10.5. The van der Waals surface area contributed by atoms with Gasteiger partial charge in [0.25, 0.3) is 0 Å². The lowest BCUT2D eigenvalue weighted by Crippen LogP contribution is -2.29. The number of carbonyl (C=O) groups excluding carboxylic acids is 1. The molecule has 0 bridgehead atoms. The number of ether oxygens (including phenoxy) is 5. The van der Waals surface area contributed by atoms with Crippen LogP contribution in [0.3, 0.4) is 0 Å². The molecular formula is C18H27N3O7. The summed E-state index contributed by atoms with van der Waals surface area (Å²) in [4.78, 5) is 21.9. The van der Waals surface area contributed by atoms with E-state index in [-0.39, 0.29) is 23.8 Å². The van der Waals surface area contributed by atoms with E-state index >= 15 is 0 Å². The summed E-state index contributed by atoms with van der Waals surface area (Å²) >= 11 is 0. The van der Waals surface area contributed by atoms with Crippen LogP contribution in [-0.2, 0) is 23.7 Å². The van der Waals surface area contributed by atoms with E-state index in [0.29, 0.717) is 45.4 Å². The fraction of sp³-hybridized carbons (Fsp3) is 0.611. The van der Waals surface area contributed by atoms with Crippen LogP contribution >= 0.6 is 0 Å². The largest absolute Gasteiger partial charge is 0.503 e. The zero-order valence-electron chi connectivity index (χ0n) is 16.4. The lowest BCUT2D eigenvalue weighted by molar-refractivity contribution is -0.141. The van der Waals surface area contributed by atoms with Crippen molar-refractivity contribution in [3.05, 3.63) is 18.0 Å². The first-order valence-electron chi connectivity index (χ1n) is 8.90. The Balaban J connectivity index is 1.85. The number of rotatable bonds is 12. The average molecular weight is 397 g/mol. The molecule has 1 aromatic heterocycles. The third-order valence-corrected chi connectivity index (χ3v) is 3.95. The van der Waals surface area contributed by atoms with Crippen molar-refractivity contribution in [1.29, 1.82) is 0 Å². The van der Waals surface area contributed by atoms with Gasteiger partial charge in [0.2, 0.25) is 0 Å². The van der Waals surface area contributed by atoms with Crippen LogP contribution in [0.15, 0.2) is 17.3 Å². The van der Waals surface area contributed by atoms with Crippen LogP contribution in [0.2, 0.25) is 0 Å². The molecule has 10 heteroatoms. The van der Waals surface area contributed by atoms with E-state index in [9.17, 15) is 9.90 Å². The molecule has 1 aromatic rings. The van der Waals surface area contributed by atoms with E-state index in [1.807, 2.05) is 0 Å². The summed E-state index contributed by atoms with van der Waals surface area (Å²) in [6.45, 7) is 2.94. The molecular weight excluding hydrogens is 370 g/mol. The van der Waals surface area contributed by atoms with Crippen molar-refractivity contribution in [2.24, 2.45) is 4.99 Å². The molecule has 2 heterocycles. The Kier molecular flexibility index (Phi) is 8.92. The number of methoxy groups -OCH3 is 2. The van der Waals surface area contributed by atoms with Crippen molar-refractivity contribution in [1.82, 2.24) is 9.88 Å². The van der Waals surface area contributed by atoms with Gasteiger partial charge in [-0.15, -0.1) is 0 Å². The number of nitrogens with zero attached hydrogens (tertiary/aromatic N) is 3. The Hall–Kier alpha value is -2.43. The number of aliphatic imine (C=N–C) groups is 1. The average Bonchev–Trinajstić information content (AvgIpc) is 3.08. The van der Waals surface area contributed by atoms with Crippen LogP contribution in [-0.4, -0.2) is 100 Å². The van der Waals surface area contributed by atoms with Gasteiger partial charge in [-0.1, -0.05) is 0 Å². The van der Waals surface area contributed by atoms with Gasteiger partial charge >= 0.3 is 5.97 Å². The highest BCUT2D eigenvalue weighted by molar-refractivity contribution is 6.02. The Labute approximate surface area is 164 Å². The first kappa shape index (κ1) is 21.9. The highest BCUT2D eigenvalue weighted by Crippen LogP contribution is 2.30. The van der Waals surface area contributed by atoms with Gasteiger partial charge < -0.3 is 33.7 Å². The van der Waals surface area contributed by atoms with E-state index in [1.54, 1.807) is 25.1 Å². The molecule has 28 heavy (non-hydrogen) atoms. The molecule has 1 N–H and O–H groups in total. The minimum atomic E-state index is -0.643. The number of likely N-dealkylation sites (N-methyl/N-ethyl adjacent to an activating group) is 1. The normalized spacial score (nSPS) is 16.2. The second kappa shape index (κ2) is 11.4. The van der Waals surface area contributed by atoms with Crippen molar-refractivity contribution in [2.75, 3.05) is 67.5 Å². The second-order valence-electron chi connectivity index (χ2n) is 5.94. The molecule has 1 atom stereocenters. The first-order valence-corrected chi connectivity index (χ1v) is 8.90. The summed E-state index contributed by atoms with van der Waals surface area (Å²) < 4.78 is 25.9. The number of carbonyl (C=O) groups is 1. The van der Waals surface area contributed by atoms with Crippen molar-refractivity contribution in [3.63, 3.8) is 0 Å². The standard InChI is InChI=1S/C18H27N3O7/c1-21-12-13(18(23)25-3)20-17(21)15-16(22)14(4-5-19-15)28-11-10-27-9-8-26-7-6-24-2/h4-5,13,22H,6-12H2,1-3H3/t13-/m1/s1. The lowest BCUT2D eigenvalue weighted by atomic mass is 10.2. The van der Waals surface area contributed by atoms with Gasteiger partial charge in [-0.25, -0.2) is 14.8 Å². The number of amidine groups is 1. The SMILES string of the molecule is COCCOCCOCCOc1ccnc(C2=N[C@@H](C(=O)OC)CN2C)c1O. The second-order valence-corrected chi connectivity index (χ2v) is 5.94. The van der Waals surface area contributed by atoms with E-state index in [1.165, 1.54) is 13.3 Å². The van der Waals surface area contributed by atoms with Crippen molar-refractivity contribution >= 4 is 11.8 Å². The number of aromatic nitrogens is 1. The van der Waals surface area contributed by atoms with Gasteiger partial charge in [-0.2, -0.15) is 0 Å². The number of hydrogen-bond donors (Lipinski definition) is 1. The summed E-state index contributed by atoms with van der Waals surface area (Å²) in [5.41, 5.74) is 0.249. The molecule has 0 saturated heterocycles. The highest BCUT2D eigenvalue weighted by atomic mass is 16.6. The maximum absolute atomic E-state index is 11.7. The van der Waals surface area contributed by atoms with E-state index < -0.39 is 12.0 Å². The maximum atomic E-state index is 11.7. The molecule has 1 aliphatic rings. The van der Waals surface area contributed by atoms with Crippen LogP contribution in [0.4, 0.5) is 0 Å². The Morgan fingerprint density at radius 3 is 2.54 bits per heavy atom. The van der Waals surface area contributed by atoms with Crippen LogP contribution in [0.1, 0.15) is 5.69 Å². The van der Waals surface area contributed by atoms with E-state index in [4.69, 9.17) is 23.7 Å². The first-order chi connectivity index (χ1) is 13.6. The molecule has 156 valence electrons. The van der Waals surface area contributed by atoms with Crippen molar-refractivity contribution in [2.45, 2.75) is 6.04 Å². The maximum Gasteiger partial charge on any atom is 0.332 e. The number of aromatic hydroxyl groups is 1. The minimum absolute atomic E-state index is 0.137. The van der Waals surface area contributed by atoms with Gasteiger partial charge in [0, 0.05) is 26.4 Å². The molecule has 0 saturated carbocycles. The smallest absolute Gasteiger partial charge is 0.332 e. The molecule has 2 rings (SSSR count). The topological polar surface area (TPSA) is 112 Å².